The number of aromatic nitrogens is 2. The topological polar surface area (TPSA) is 70.2 Å². The Kier molecular flexibility index (Phi) is 6.79. The third kappa shape index (κ3) is 5.14. The Hall–Kier alpha value is -3.64. The third-order valence-electron chi connectivity index (χ3n) is 7.13. The van der Waals surface area contributed by atoms with Gasteiger partial charge in [-0.2, -0.15) is 0 Å². The molecule has 186 valence electrons. The first-order chi connectivity index (χ1) is 17.4. The van der Waals surface area contributed by atoms with Crippen LogP contribution in [0.3, 0.4) is 0 Å². The van der Waals surface area contributed by atoms with E-state index in [2.05, 4.69) is 48.1 Å². The SMILES string of the molecule is Cc1ccc(NC(=O)c2ccc3nc(-c4c(C)cc(OCCN5CCCC5)cc4C)[nH]c3c2)cc1C. The van der Waals surface area contributed by atoms with Crippen LogP contribution in [0.15, 0.2) is 48.5 Å². The number of hydrogen-bond acceptors (Lipinski definition) is 4. The van der Waals surface area contributed by atoms with Crippen molar-refractivity contribution in [2.24, 2.45) is 0 Å². The van der Waals surface area contributed by atoms with Gasteiger partial charge < -0.3 is 15.0 Å². The number of amides is 1. The molecule has 3 aromatic carbocycles. The van der Waals surface area contributed by atoms with E-state index in [4.69, 9.17) is 9.72 Å². The molecule has 1 fully saturated rings. The van der Waals surface area contributed by atoms with E-state index in [-0.39, 0.29) is 5.91 Å². The van der Waals surface area contributed by atoms with Crippen molar-refractivity contribution >= 4 is 22.6 Å². The fourth-order valence-electron chi connectivity index (χ4n) is 4.97. The van der Waals surface area contributed by atoms with Crippen molar-refractivity contribution in [2.45, 2.75) is 40.5 Å². The summed E-state index contributed by atoms with van der Waals surface area (Å²) in [5.41, 5.74) is 8.69. The number of ether oxygens (including phenoxy) is 1. The zero-order valence-corrected chi connectivity index (χ0v) is 21.6. The second kappa shape index (κ2) is 10.2. The second-order valence-corrected chi connectivity index (χ2v) is 9.90. The predicted octanol–water partition coefficient (Wildman–Crippen LogP) is 6.19. The molecule has 1 aromatic heterocycles. The molecule has 0 saturated carbocycles. The number of anilines is 1. The van der Waals surface area contributed by atoms with Crippen molar-refractivity contribution in [2.75, 3.05) is 31.6 Å². The van der Waals surface area contributed by atoms with Crippen LogP contribution in [0.5, 0.6) is 5.75 Å². The number of carbonyl (C=O) groups is 1. The molecule has 1 aliphatic rings. The van der Waals surface area contributed by atoms with E-state index in [1.807, 2.05) is 43.3 Å². The molecule has 0 unspecified atom stereocenters. The summed E-state index contributed by atoms with van der Waals surface area (Å²) >= 11 is 0. The van der Waals surface area contributed by atoms with Crippen molar-refractivity contribution in [1.29, 1.82) is 0 Å². The lowest BCUT2D eigenvalue weighted by Gasteiger charge is -2.16. The smallest absolute Gasteiger partial charge is 0.255 e. The number of H-pyrrole nitrogens is 1. The summed E-state index contributed by atoms with van der Waals surface area (Å²) in [7, 11) is 0. The van der Waals surface area contributed by atoms with Crippen LogP contribution < -0.4 is 10.1 Å². The van der Waals surface area contributed by atoms with Crippen molar-refractivity contribution in [1.82, 2.24) is 14.9 Å². The number of carbonyl (C=O) groups excluding carboxylic acids is 1. The highest BCUT2D eigenvalue weighted by Gasteiger charge is 2.15. The maximum absolute atomic E-state index is 12.9. The van der Waals surface area contributed by atoms with E-state index in [1.54, 1.807) is 0 Å². The van der Waals surface area contributed by atoms with Crippen LogP contribution in [0.1, 0.15) is 45.5 Å². The maximum Gasteiger partial charge on any atom is 0.255 e. The number of fused-ring (bicyclic) bond motifs is 1. The van der Waals surface area contributed by atoms with E-state index in [1.165, 1.54) is 31.5 Å². The van der Waals surface area contributed by atoms with Crippen molar-refractivity contribution in [3.05, 3.63) is 76.3 Å². The molecule has 0 spiro atoms. The summed E-state index contributed by atoms with van der Waals surface area (Å²) in [6.07, 6.45) is 2.59. The van der Waals surface area contributed by atoms with E-state index in [9.17, 15) is 4.79 Å². The first kappa shape index (κ1) is 24.1. The van der Waals surface area contributed by atoms with Gasteiger partial charge in [0.1, 0.15) is 18.2 Å². The van der Waals surface area contributed by atoms with E-state index in [0.717, 1.165) is 57.1 Å². The Labute approximate surface area is 212 Å². The number of nitrogens with zero attached hydrogens (tertiary/aromatic N) is 2. The fraction of sp³-hybridized carbons (Fsp3) is 0.333. The molecule has 36 heavy (non-hydrogen) atoms. The number of aromatic amines is 1. The quantitative estimate of drug-likeness (QED) is 0.329. The molecule has 2 N–H and O–H groups in total. The highest BCUT2D eigenvalue weighted by atomic mass is 16.5. The Morgan fingerprint density at radius 1 is 0.944 bits per heavy atom. The zero-order valence-electron chi connectivity index (χ0n) is 21.6. The third-order valence-corrected chi connectivity index (χ3v) is 7.13. The van der Waals surface area contributed by atoms with Gasteiger partial charge in [-0.05, 0) is 118 Å². The summed E-state index contributed by atoms with van der Waals surface area (Å²) in [6, 6.07) is 15.7. The van der Waals surface area contributed by atoms with Crippen LogP contribution in [0.25, 0.3) is 22.4 Å². The summed E-state index contributed by atoms with van der Waals surface area (Å²) in [4.78, 5) is 23.6. The van der Waals surface area contributed by atoms with Crippen molar-refractivity contribution in [3.8, 4) is 17.1 Å². The monoisotopic (exact) mass is 482 g/mol. The second-order valence-electron chi connectivity index (χ2n) is 9.90. The number of benzene rings is 3. The first-order valence-electron chi connectivity index (χ1n) is 12.7. The molecule has 5 rings (SSSR count). The van der Waals surface area contributed by atoms with Crippen LogP contribution in [0, 0.1) is 27.7 Å². The molecule has 1 aliphatic heterocycles. The molecule has 4 aromatic rings. The van der Waals surface area contributed by atoms with Crippen molar-refractivity contribution < 1.29 is 9.53 Å². The lowest BCUT2D eigenvalue weighted by Crippen LogP contribution is -2.25. The van der Waals surface area contributed by atoms with Gasteiger partial charge >= 0.3 is 0 Å². The van der Waals surface area contributed by atoms with Gasteiger partial charge in [-0.1, -0.05) is 6.07 Å². The van der Waals surface area contributed by atoms with E-state index < -0.39 is 0 Å². The van der Waals surface area contributed by atoms with Gasteiger partial charge in [-0.15, -0.1) is 0 Å². The van der Waals surface area contributed by atoms with Gasteiger partial charge in [0.2, 0.25) is 0 Å². The van der Waals surface area contributed by atoms with E-state index in [0.29, 0.717) is 12.2 Å². The lowest BCUT2D eigenvalue weighted by molar-refractivity contribution is 0.102. The zero-order chi connectivity index (χ0) is 25.2. The van der Waals surface area contributed by atoms with Gasteiger partial charge in [0.25, 0.3) is 5.91 Å². The molecule has 0 bridgehead atoms. The standard InChI is InChI=1S/C30H34N4O2/c1-19-7-9-24(15-20(19)2)31-30(35)23-8-10-26-27(18-23)33-29(32-26)28-21(3)16-25(17-22(28)4)36-14-13-34-11-5-6-12-34/h7-10,15-18H,5-6,11-14H2,1-4H3,(H,31,35)(H,32,33). The van der Waals surface area contributed by atoms with E-state index >= 15 is 0 Å². The molecule has 0 radical (unpaired) electrons. The molecule has 6 nitrogen and oxygen atoms in total. The molecule has 0 aliphatic carbocycles. The summed E-state index contributed by atoms with van der Waals surface area (Å²) in [6.45, 7) is 12.3. The number of rotatable bonds is 7. The normalized spacial score (nSPS) is 13.9. The maximum atomic E-state index is 12.9. The highest BCUT2D eigenvalue weighted by Crippen LogP contribution is 2.31. The molecule has 6 heteroatoms. The minimum absolute atomic E-state index is 0.140. The van der Waals surface area contributed by atoms with Crippen LogP contribution >= 0.6 is 0 Å². The lowest BCUT2D eigenvalue weighted by atomic mass is 10.0. The van der Waals surface area contributed by atoms with Gasteiger partial charge in [0, 0.05) is 23.4 Å². The minimum Gasteiger partial charge on any atom is -0.492 e. The summed E-state index contributed by atoms with van der Waals surface area (Å²) in [5, 5.41) is 3.00. The van der Waals surface area contributed by atoms with Crippen molar-refractivity contribution in [3.63, 3.8) is 0 Å². The molecular weight excluding hydrogens is 448 g/mol. The molecule has 1 amide bonds. The Balaban J connectivity index is 1.33. The number of imidazole rings is 1. The van der Waals surface area contributed by atoms with Gasteiger partial charge in [0.15, 0.2) is 0 Å². The van der Waals surface area contributed by atoms with Gasteiger partial charge in [-0.25, -0.2) is 4.98 Å². The van der Waals surface area contributed by atoms with Gasteiger partial charge in [0.05, 0.1) is 11.0 Å². The van der Waals surface area contributed by atoms with Crippen LogP contribution in [0.2, 0.25) is 0 Å². The van der Waals surface area contributed by atoms with Crippen LogP contribution in [-0.2, 0) is 0 Å². The number of hydrogen-bond donors (Lipinski definition) is 2. The fourth-order valence-corrected chi connectivity index (χ4v) is 4.97. The average molecular weight is 483 g/mol. The Bertz CT molecular complexity index is 1390. The average Bonchev–Trinajstić information content (AvgIpc) is 3.50. The largest absolute Gasteiger partial charge is 0.492 e. The van der Waals surface area contributed by atoms with Gasteiger partial charge in [-0.3, -0.25) is 9.69 Å². The number of aryl methyl sites for hydroxylation is 4. The highest BCUT2D eigenvalue weighted by molar-refractivity contribution is 6.06. The van der Waals surface area contributed by atoms with Crippen LogP contribution in [-0.4, -0.2) is 47.0 Å². The van der Waals surface area contributed by atoms with Crippen LogP contribution in [0.4, 0.5) is 5.69 Å². The molecular formula is C30H34N4O2. The predicted molar refractivity (Wildman–Crippen MR) is 146 cm³/mol. The Morgan fingerprint density at radius 2 is 1.69 bits per heavy atom. The number of nitrogens with one attached hydrogen (secondary N) is 2. The summed E-state index contributed by atoms with van der Waals surface area (Å²) < 4.78 is 6.07. The first-order valence-corrected chi connectivity index (χ1v) is 12.7. The molecule has 1 saturated heterocycles. The summed E-state index contributed by atoms with van der Waals surface area (Å²) in [5.74, 6) is 1.56. The Morgan fingerprint density at radius 3 is 2.42 bits per heavy atom. The number of likely N-dealkylation sites (tertiary alicyclic amines) is 1. The minimum atomic E-state index is -0.140. The molecule has 0 atom stereocenters. The molecule has 2 heterocycles.